The topological polar surface area (TPSA) is 226 Å². The van der Waals surface area contributed by atoms with Gasteiger partial charge >= 0.3 is 5.97 Å². The summed E-state index contributed by atoms with van der Waals surface area (Å²) in [6.07, 6.45) is -6.17. The number of hydrogen-bond acceptors (Lipinski definition) is 15. The van der Waals surface area contributed by atoms with E-state index in [0.29, 0.717) is 0 Å². The minimum atomic E-state index is -1.54. The molecule has 2 bridgehead atoms. The Morgan fingerprint density at radius 2 is 1.76 bits per heavy atom. The number of hydroxylamine groups is 2. The monoisotopic (exact) mass is 769 g/mol. The van der Waals surface area contributed by atoms with Crippen molar-refractivity contribution in [3.63, 3.8) is 0 Å². The van der Waals surface area contributed by atoms with Gasteiger partial charge in [0.1, 0.15) is 67.1 Å². The second-order valence-electron chi connectivity index (χ2n) is 14.4. The van der Waals surface area contributed by atoms with Crippen LogP contribution in [0, 0.1) is 5.41 Å². The average Bonchev–Trinajstić information content (AvgIpc) is 3.83. The zero-order chi connectivity index (χ0) is 38.9. The van der Waals surface area contributed by atoms with Gasteiger partial charge in [-0.3, -0.25) is 19.2 Å². The second-order valence-corrected chi connectivity index (χ2v) is 14.4. The number of benzene rings is 2. The van der Waals surface area contributed by atoms with E-state index in [9.17, 15) is 39.9 Å². The molecule has 17 nitrogen and oxygen atoms in total. The highest BCUT2D eigenvalue weighted by molar-refractivity contribution is 5.96. The Hall–Kier alpha value is -3.85. The lowest BCUT2D eigenvalue weighted by Crippen LogP contribution is -2.70. The summed E-state index contributed by atoms with van der Waals surface area (Å²) < 4.78 is 28.6. The summed E-state index contributed by atoms with van der Waals surface area (Å²) in [6, 6.07) is 14.5. The van der Waals surface area contributed by atoms with Crippen molar-refractivity contribution in [2.24, 2.45) is 5.41 Å². The van der Waals surface area contributed by atoms with Crippen LogP contribution in [-0.4, -0.2) is 161 Å². The maximum atomic E-state index is 15.0. The molecule has 7 rings (SSSR count). The second kappa shape index (κ2) is 16.7. The molecule has 0 spiro atoms. The summed E-state index contributed by atoms with van der Waals surface area (Å²) in [5.74, 6) is -1.56. The highest BCUT2D eigenvalue weighted by Gasteiger charge is 2.75. The van der Waals surface area contributed by atoms with Crippen molar-refractivity contribution in [2.45, 2.75) is 86.6 Å². The Balaban J connectivity index is 1.08. The number of carbonyl (C=O) groups is 3. The number of aliphatic hydroxyl groups is 5. The molecule has 4 saturated heterocycles. The van der Waals surface area contributed by atoms with Gasteiger partial charge in [0.2, 0.25) is 11.8 Å². The Bertz CT molecular complexity index is 1700. The molecule has 6 N–H and O–H groups in total. The lowest BCUT2D eigenvalue weighted by atomic mass is 9.62. The molecule has 4 heterocycles. The Labute approximate surface area is 316 Å². The third-order valence-electron chi connectivity index (χ3n) is 11.1. The summed E-state index contributed by atoms with van der Waals surface area (Å²) in [5, 5.41) is 53.1. The summed E-state index contributed by atoms with van der Waals surface area (Å²) in [6.45, 7) is -0.789. The third kappa shape index (κ3) is 7.54. The number of likely N-dealkylation sites (N-methyl/N-ethyl adjacent to an activating group) is 1. The van der Waals surface area contributed by atoms with Crippen LogP contribution in [0.1, 0.15) is 23.1 Å². The molecule has 2 amide bonds. The Morgan fingerprint density at radius 1 is 1.02 bits per heavy atom. The van der Waals surface area contributed by atoms with Gasteiger partial charge in [-0.2, -0.15) is 5.06 Å². The fourth-order valence-corrected chi connectivity index (χ4v) is 8.28. The van der Waals surface area contributed by atoms with Gasteiger partial charge in [0, 0.05) is 26.4 Å². The first-order valence-corrected chi connectivity index (χ1v) is 18.3. The van der Waals surface area contributed by atoms with Gasteiger partial charge in [-0.05, 0) is 16.7 Å². The Morgan fingerprint density at radius 3 is 2.49 bits per heavy atom. The number of fused-ring (bicyclic) bond motifs is 4. The molecule has 2 aromatic carbocycles. The van der Waals surface area contributed by atoms with Gasteiger partial charge < -0.3 is 59.4 Å². The molecule has 0 aromatic heterocycles. The first kappa shape index (κ1) is 39.4. The molecule has 17 heteroatoms. The number of nitrogens with zero attached hydrogens (tertiary/aromatic N) is 2. The van der Waals surface area contributed by atoms with Crippen molar-refractivity contribution in [3.05, 3.63) is 77.4 Å². The van der Waals surface area contributed by atoms with E-state index in [1.54, 1.807) is 19.2 Å². The molecule has 298 valence electrons. The van der Waals surface area contributed by atoms with E-state index >= 15 is 0 Å². The zero-order valence-electron chi connectivity index (χ0n) is 30.2. The van der Waals surface area contributed by atoms with Gasteiger partial charge in [0.05, 0.1) is 26.4 Å². The molecule has 12 atom stereocenters. The molecule has 5 fully saturated rings. The van der Waals surface area contributed by atoms with Crippen LogP contribution in [0.4, 0.5) is 0 Å². The average molecular weight is 770 g/mol. The first-order chi connectivity index (χ1) is 26.6. The number of aliphatic hydroxyl groups excluding tert-OH is 5. The van der Waals surface area contributed by atoms with Gasteiger partial charge in [-0.25, -0.2) is 0 Å². The minimum Gasteiger partial charge on any atom is -0.458 e. The number of hydrogen-bond donors (Lipinski definition) is 6. The molecule has 1 aliphatic carbocycles. The number of carbonyl (C=O) groups excluding carboxylic acids is 3. The number of ether oxygens (including phenoxy) is 5. The van der Waals surface area contributed by atoms with Crippen molar-refractivity contribution in [1.82, 2.24) is 15.3 Å². The van der Waals surface area contributed by atoms with Crippen molar-refractivity contribution in [2.75, 3.05) is 40.2 Å². The van der Waals surface area contributed by atoms with E-state index in [-0.39, 0.29) is 45.9 Å². The first-order valence-electron chi connectivity index (χ1n) is 18.3. The molecule has 55 heavy (non-hydrogen) atoms. The summed E-state index contributed by atoms with van der Waals surface area (Å²) in [4.78, 5) is 50.4. The highest BCUT2D eigenvalue weighted by Crippen LogP contribution is 2.56. The van der Waals surface area contributed by atoms with Crippen molar-refractivity contribution in [1.29, 1.82) is 0 Å². The Kier molecular flexibility index (Phi) is 12.0. The molecule has 1 saturated carbocycles. The predicted octanol–water partition coefficient (Wildman–Crippen LogP) is -1.76. The van der Waals surface area contributed by atoms with Crippen LogP contribution in [0.3, 0.4) is 0 Å². The van der Waals surface area contributed by atoms with Gasteiger partial charge in [0.25, 0.3) is 0 Å². The van der Waals surface area contributed by atoms with E-state index in [2.05, 4.69) is 5.32 Å². The van der Waals surface area contributed by atoms with Crippen LogP contribution in [0.15, 0.2) is 60.7 Å². The highest BCUT2D eigenvalue weighted by atomic mass is 16.8. The molecule has 5 aliphatic rings. The molecule has 0 radical (unpaired) electrons. The van der Waals surface area contributed by atoms with E-state index in [1.807, 2.05) is 54.6 Å². The van der Waals surface area contributed by atoms with Gasteiger partial charge in [-0.1, -0.05) is 66.7 Å². The maximum Gasteiger partial charge on any atom is 0.327 e. The van der Waals surface area contributed by atoms with E-state index in [0.717, 1.165) is 16.7 Å². The third-order valence-corrected chi connectivity index (χ3v) is 11.1. The van der Waals surface area contributed by atoms with Crippen molar-refractivity contribution >= 4 is 23.9 Å². The fourth-order valence-electron chi connectivity index (χ4n) is 8.28. The summed E-state index contributed by atoms with van der Waals surface area (Å²) in [5.41, 5.74) is 0.888. The van der Waals surface area contributed by atoms with Crippen LogP contribution in [0.25, 0.3) is 6.08 Å². The van der Waals surface area contributed by atoms with Crippen LogP contribution < -0.4 is 5.32 Å². The standard InChI is InChI=1S/C38H47N3O14/c1-40(24(34(47)39-13-14-42)16-22-6-3-2-4-7-22)37(49)38-17-25-30-31(52-20-51-30)33(38)55-41(32(38)35(48)53-25)18-23-11-9-21(10-12-23)8-5-15-50-36-29(46)28(45)27(44)26(19-43)54-36/h2-12,24-33,36,42-46H,13-20H2,1H3,(H,39,47)/t24-,25-,26-,27+,28+,29-,30+,31+,32+,33-,36+,38+/m1/s1. The lowest BCUT2D eigenvalue weighted by Gasteiger charge is -2.50. The number of amides is 2. The van der Waals surface area contributed by atoms with Crippen molar-refractivity contribution < 1.29 is 68.4 Å². The van der Waals surface area contributed by atoms with Gasteiger partial charge in [0.15, 0.2) is 12.3 Å². The van der Waals surface area contributed by atoms with Crippen LogP contribution in [-0.2, 0) is 55.9 Å². The normalized spacial score (nSPS) is 34.6. The van der Waals surface area contributed by atoms with Gasteiger partial charge in [-0.15, -0.1) is 0 Å². The van der Waals surface area contributed by atoms with E-state index < -0.39 is 97.0 Å². The molecule has 0 unspecified atom stereocenters. The summed E-state index contributed by atoms with van der Waals surface area (Å²) >= 11 is 0. The van der Waals surface area contributed by atoms with E-state index in [1.165, 1.54) is 9.96 Å². The maximum absolute atomic E-state index is 15.0. The smallest absolute Gasteiger partial charge is 0.327 e. The van der Waals surface area contributed by atoms with Crippen molar-refractivity contribution in [3.8, 4) is 0 Å². The SMILES string of the molecule is CN(C(=O)[C@@]12C[C@H]3OC(=O)[C@@H]1N(Cc1ccc(C=CCO[C@H]4O[C@H](CO)[C@H](O)[C@H](O)[C@H]4O)cc1)O[C@@H]2[C@H]1OCO[C@H]13)[C@H](Cc1ccccc1)C(=O)NCCO. The molecule has 2 aromatic rings. The van der Waals surface area contributed by atoms with Crippen LogP contribution in [0.5, 0.6) is 0 Å². The molecular formula is C38H47N3O14. The molecular weight excluding hydrogens is 722 g/mol. The summed E-state index contributed by atoms with van der Waals surface area (Å²) in [7, 11) is 1.54. The number of nitrogens with one attached hydrogen (secondary N) is 1. The fraction of sp³-hybridized carbons (Fsp3) is 0.553. The molecule has 4 aliphatic heterocycles. The quantitative estimate of drug-likeness (QED) is 0.117. The lowest BCUT2D eigenvalue weighted by molar-refractivity contribution is -0.298. The minimum absolute atomic E-state index is 0.00722. The van der Waals surface area contributed by atoms with Crippen LogP contribution >= 0.6 is 0 Å². The number of rotatable bonds is 14. The largest absolute Gasteiger partial charge is 0.458 e. The predicted molar refractivity (Wildman–Crippen MR) is 188 cm³/mol. The van der Waals surface area contributed by atoms with E-state index in [4.69, 9.17) is 28.5 Å². The number of esters is 1. The van der Waals surface area contributed by atoms with Crippen LogP contribution in [0.2, 0.25) is 0 Å². The zero-order valence-corrected chi connectivity index (χ0v) is 30.2.